The van der Waals surface area contributed by atoms with Crippen LogP contribution in [0.1, 0.15) is 32.6 Å². The maximum Gasteiger partial charge on any atom is 0.303 e. The molecule has 68 valence electrons. The summed E-state index contributed by atoms with van der Waals surface area (Å²) in [5.41, 5.74) is -0.503. The van der Waals surface area contributed by atoms with Crippen LogP contribution in [0.2, 0.25) is 0 Å². The molecule has 0 aromatic rings. The van der Waals surface area contributed by atoms with E-state index in [0.717, 1.165) is 25.7 Å². The quantitative estimate of drug-likeness (QED) is 0.593. The zero-order valence-electron chi connectivity index (χ0n) is 7.25. The Kier molecular flexibility index (Phi) is 1.65. The number of aliphatic hydroxyl groups is 1. The highest BCUT2D eigenvalue weighted by Gasteiger charge is 2.54. The number of carbonyl (C=O) groups excluding carboxylic acids is 1. The van der Waals surface area contributed by atoms with Crippen LogP contribution in [-0.2, 0) is 9.53 Å². The lowest BCUT2D eigenvalue weighted by atomic mass is 9.94. The Morgan fingerprint density at radius 2 is 2.42 bits per heavy atom. The smallest absolute Gasteiger partial charge is 0.303 e. The Balaban J connectivity index is 2.13. The SMILES string of the molecule is CC(=O)OC12CCC(CC1O)C2. The number of ether oxygens (including phenoxy) is 1. The van der Waals surface area contributed by atoms with E-state index in [1.54, 1.807) is 0 Å². The minimum atomic E-state index is -0.503. The van der Waals surface area contributed by atoms with Crippen molar-refractivity contribution in [2.45, 2.75) is 44.3 Å². The zero-order chi connectivity index (χ0) is 8.77. The molecule has 0 heterocycles. The van der Waals surface area contributed by atoms with Gasteiger partial charge in [-0.25, -0.2) is 0 Å². The van der Waals surface area contributed by atoms with Crippen LogP contribution in [0.25, 0.3) is 0 Å². The fraction of sp³-hybridized carbons (Fsp3) is 0.889. The van der Waals surface area contributed by atoms with E-state index < -0.39 is 11.7 Å². The maximum absolute atomic E-state index is 10.8. The van der Waals surface area contributed by atoms with Gasteiger partial charge in [0, 0.05) is 6.92 Å². The number of fused-ring (bicyclic) bond motifs is 2. The maximum atomic E-state index is 10.8. The molecule has 0 saturated heterocycles. The Hall–Kier alpha value is -0.570. The van der Waals surface area contributed by atoms with Gasteiger partial charge < -0.3 is 9.84 Å². The average Bonchev–Trinajstić information content (AvgIpc) is 2.42. The minimum Gasteiger partial charge on any atom is -0.456 e. The van der Waals surface area contributed by atoms with Crippen molar-refractivity contribution in [3.05, 3.63) is 0 Å². The molecule has 2 aliphatic carbocycles. The number of hydrogen-bond donors (Lipinski definition) is 1. The summed E-state index contributed by atoms with van der Waals surface area (Å²) in [6.07, 6.45) is 3.21. The predicted molar refractivity (Wildman–Crippen MR) is 42.5 cm³/mol. The largest absolute Gasteiger partial charge is 0.456 e. The van der Waals surface area contributed by atoms with Crippen LogP contribution < -0.4 is 0 Å². The fourth-order valence-corrected chi connectivity index (χ4v) is 2.62. The van der Waals surface area contributed by atoms with Crippen molar-refractivity contribution >= 4 is 5.97 Å². The number of hydrogen-bond acceptors (Lipinski definition) is 3. The summed E-state index contributed by atoms with van der Waals surface area (Å²) in [7, 11) is 0. The normalized spacial score (nSPS) is 44.8. The first-order chi connectivity index (χ1) is 5.62. The number of aliphatic hydroxyl groups excluding tert-OH is 1. The molecule has 2 rings (SSSR count). The van der Waals surface area contributed by atoms with Crippen LogP contribution in [0.5, 0.6) is 0 Å². The minimum absolute atomic E-state index is 0.267. The van der Waals surface area contributed by atoms with Crippen LogP contribution in [0.15, 0.2) is 0 Å². The summed E-state index contributed by atoms with van der Waals surface area (Å²) in [4.78, 5) is 10.8. The van der Waals surface area contributed by atoms with Gasteiger partial charge in [0.15, 0.2) is 0 Å². The monoisotopic (exact) mass is 170 g/mol. The molecule has 0 amide bonds. The van der Waals surface area contributed by atoms with Crippen molar-refractivity contribution < 1.29 is 14.6 Å². The van der Waals surface area contributed by atoms with Gasteiger partial charge >= 0.3 is 5.97 Å². The molecule has 3 nitrogen and oxygen atoms in total. The first-order valence-corrected chi connectivity index (χ1v) is 4.50. The van der Waals surface area contributed by atoms with E-state index in [2.05, 4.69) is 0 Å². The summed E-state index contributed by atoms with van der Waals surface area (Å²) >= 11 is 0. The van der Waals surface area contributed by atoms with Gasteiger partial charge in [-0.15, -0.1) is 0 Å². The average molecular weight is 170 g/mol. The number of esters is 1. The first-order valence-electron chi connectivity index (χ1n) is 4.50. The van der Waals surface area contributed by atoms with Crippen LogP contribution in [0, 0.1) is 5.92 Å². The summed E-state index contributed by atoms with van der Waals surface area (Å²) in [6, 6.07) is 0. The summed E-state index contributed by atoms with van der Waals surface area (Å²) in [6.45, 7) is 1.41. The second-order valence-corrected chi connectivity index (χ2v) is 4.02. The molecule has 0 aromatic carbocycles. The van der Waals surface area contributed by atoms with E-state index in [-0.39, 0.29) is 5.97 Å². The lowest BCUT2D eigenvalue weighted by Crippen LogP contribution is -2.41. The Labute approximate surface area is 71.7 Å². The molecule has 12 heavy (non-hydrogen) atoms. The van der Waals surface area contributed by atoms with Gasteiger partial charge in [0.25, 0.3) is 0 Å². The molecule has 2 bridgehead atoms. The molecule has 1 N–H and O–H groups in total. The van der Waals surface area contributed by atoms with Crippen molar-refractivity contribution in [2.75, 3.05) is 0 Å². The van der Waals surface area contributed by atoms with Gasteiger partial charge in [0.05, 0.1) is 6.10 Å². The van der Waals surface area contributed by atoms with E-state index in [4.69, 9.17) is 4.74 Å². The molecule has 0 radical (unpaired) electrons. The second-order valence-electron chi connectivity index (χ2n) is 4.02. The van der Waals surface area contributed by atoms with E-state index in [0.29, 0.717) is 5.92 Å². The zero-order valence-corrected chi connectivity index (χ0v) is 7.25. The van der Waals surface area contributed by atoms with Crippen LogP contribution in [0.3, 0.4) is 0 Å². The molecule has 0 aliphatic heterocycles. The third kappa shape index (κ3) is 1.04. The molecule has 3 heteroatoms. The Morgan fingerprint density at radius 1 is 1.67 bits per heavy atom. The van der Waals surface area contributed by atoms with E-state index >= 15 is 0 Å². The van der Waals surface area contributed by atoms with Gasteiger partial charge in [-0.1, -0.05) is 0 Å². The molecule has 3 atom stereocenters. The summed E-state index contributed by atoms with van der Waals surface area (Å²) in [5.74, 6) is 0.316. The van der Waals surface area contributed by atoms with Gasteiger partial charge in [0.2, 0.25) is 0 Å². The lowest BCUT2D eigenvalue weighted by Gasteiger charge is -2.30. The molecule has 2 saturated carbocycles. The van der Waals surface area contributed by atoms with E-state index in [1.807, 2.05) is 0 Å². The molecule has 0 spiro atoms. The first kappa shape index (κ1) is 8.05. The highest BCUT2D eigenvalue weighted by Crippen LogP contribution is 2.50. The second kappa shape index (κ2) is 2.46. The predicted octanol–water partition coefficient (Wildman–Crippen LogP) is 0.853. The third-order valence-electron chi connectivity index (χ3n) is 3.12. The van der Waals surface area contributed by atoms with Crippen LogP contribution >= 0.6 is 0 Å². The summed E-state index contributed by atoms with van der Waals surface area (Å²) in [5, 5.41) is 9.64. The van der Waals surface area contributed by atoms with Crippen molar-refractivity contribution in [2.24, 2.45) is 5.92 Å². The summed E-state index contributed by atoms with van der Waals surface area (Å²) < 4.78 is 5.21. The van der Waals surface area contributed by atoms with Gasteiger partial charge in [-0.05, 0) is 31.6 Å². The fourth-order valence-electron chi connectivity index (χ4n) is 2.62. The topological polar surface area (TPSA) is 46.5 Å². The van der Waals surface area contributed by atoms with Gasteiger partial charge in [0.1, 0.15) is 5.60 Å². The van der Waals surface area contributed by atoms with Crippen molar-refractivity contribution in [1.29, 1.82) is 0 Å². The molecule has 3 unspecified atom stereocenters. The number of carbonyl (C=O) groups is 1. The van der Waals surface area contributed by atoms with E-state index in [1.165, 1.54) is 6.92 Å². The highest BCUT2D eigenvalue weighted by atomic mass is 16.6. The Bertz CT molecular complexity index is 214. The molecular formula is C9H14O3. The van der Waals surface area contributed by atoms with E-state index in [9.17, 15) is 9.90 Å². The van der Waals surface area contributed by atoms with Crippen molar-refractivity contribution in [3.8, 4) is 0 Å². The van der Waals surface area contributed by atoms with Gasteiger partial charge in [-0.2, -0.15) is 0 Å². The van der Waals surface area contributed by atoms with Crippen molar-refractivity contribution in [1.82, 2.24) is 0 Å². The van der Waals surface area contributed by atoms with Crippen molar-refractivity contribution in [3.63, 3.8) is 0 Å². The number of rotatable bonds is 1. The molecular weight excluding hydrogens is 156 g/mol. The molecule has 2 fully saturated rings. The molecule has 0 aromatic heterocycles. The highest BCUT2D eigenvalue weighted by molar-refractivity contribution is 5.66. The third-order valence-corrected chi connectivity index (χ3v) is 3.12. The van der Waals surface area contributed by atoms with Crippen LogP contribution in [-0.4, -0.2) is 22.8 Å². The van der Waals surface area contributed by atoms with Crippen LogP contribution in [0.4, 0.5) is 0 Å². The lowest BCUT2D eigenvalue weighted by molar-refractivity contribution is -0.167. The standard InChI is InChI=1S/C9H14O3/c1-6(10)12-9-3-2-7(5-9)4-8(9)11/h7-8,11H,2-5H2,1H3. The Morgan fingerprint density at radius 3 is 2.83 bits per heavy atom. The molecule has 2 aliphatic rings. The van der Waals surface area contributed by atoms with Gasteiger partial charge in [-0.3, -0.25) is 4.79 Å².